The Morgan fingerprint density at radius 1 is 0.956 bits per heavy atom. The number of benzene rings is 3. The quantitative estimate of drug-likeness (QED) is 0.227. The zero-order valence-corrected chi connectivity index (χ0v) is 28.2. The average Bonchev–Trinajstić information content (AvgIpc) is 3.49. The molecule has 1 aliphatic rings. The molecule has 1 aliphatic heterocycles. The lowest BCUT2D eigenvalue weighted by atomic mass is 10.1. The molecule has 0 aliphatic carbocycles. The fraction of sp³-hybridized carbons (Fsp3) is 0.364. The number of para-hydroxylation sites is 1. The van der Waals surface area contributed by atoms with E-state index in [9.17, 15) is 18.0 Å². The van der Waals surface area contributed by atoms with Crippen molar-refractivity contribution in [3.63, 3.8) is 0 Å². The monoisotopic (exact) mass is 672 g/mol. The molecule has 0 fully saturated rings. The fourth-order valence-corrected chi connectivity index (χ4v) is 7.02. The van der Waals surface area contributed by atoms with E-state index in [4.69, 9.17) is 27.9 Å². The molecule has 0 bridgehead atoms. The van der Waals surface area contributed by atoms with Crippen LogP contribution in [0.5, 0.6) is 0 Å². The van der Waals surface area contributed by atoms with Gasteiger partial charge in [0.25, 0.3) is 10.0 Å². The number of anilines is 1. The van der Waals surface area contributed by atoms with Crippen molar-refractivity contribution in [3.8, 4) is 0 Å². The number of ether oxygens (including phenoxy) is 1. The second-order valence-electron chi connectivity index (χ2n) is 11.7. The average molecular weight is 674 g/mol. The molecule has 2 amide bonds. The summed E-state index contributed by atoms with van der Waals surface area (Å²) in [6, 6.07) is 21.0. The number of hydrogen-bond acceptors (Lipinski definition) is 6. The van der Waals surface area contributed by atoms with Gasteiger partial charge in [0.05, 0.1) is 28.8 Å². The summed E-state index contributed by atoms with van der Waals surface area (Å²) >= 11 is 12.4. The summed E-state index contributed by atoms with van der Waals surface area (Å²) < 4.78 is 34.1. The number of amidine groups is 1. The van der Waals surface area contributed by atoms with Gasteiger partial charge in [0.1, 0.15) is 16.3 Å². The predicted molar refractivity (Wildman–Crippen MR) is 179 cm³/mol. The van der Waals surface area contributed by atoms with Crippen molar-refractivity contribution in [3.05, 3.63) is 94.0 Å². The summed E-state index contributed by atoms with van der Waals surface area (Å²) in [5.41, 5.74) is 1.72. The Balaban J connectivity index is 1.33. The van der Waals surface area contributed by atoms with Gasteiger partial charge in [-0.15, -0.1) is 0 Å². The van der Waals surface area contributed by atoms with Gasteiger partial charge >= 0.3 is 6.09 Å². The van der Waals surface area contributed by atoms with Gasteiger partial charge in [0.2, 0.25) is 5.91 Å². The van der Waals surface area contributed by atoms with E-state index < -0.39 is 21.7 Å². The Hall–Kier alpha value is -3.60. The maximum absolute atomic E-state index is 13.6. The molecule has 0 saturated heterocycles. The highest BCUT2D eigenvalue weighted by Gasteiger charge is 2.30. The molecule has 0 aromatic heterocycles. The lowest BCUT2D eigenvalue weighted by molar-refractivity contribution is -0.129. The molecule has 0 N–H and O–H groups in total. The van der Waals surface area contributed by atoms with Crippen molar-refractivity contribution in [1.82, 2.24) is 9.80 Å². The SMILES string of the molecule is CN(CCc1ccc(C2=NCCN2C(=O)OC(C)(C)C)cc1)C(=O)CCCN(c1ccccc1)S(=O)(=O)c1cccc(Cl)c1Cl. The Kier molecular flexibility index (Phi) is 11.2. The highest BCUT2D eigenvalue weighted by atomic mass is 35.5. The molecule has 1 heterocycles. The van der Waals surface area contributed by atoms with Gasteiger partial charge < -0.3 is 9.64 Å². The number of halogens is 2. The van der Waals surface area contributed by atoms with Crippen LogP contribution in [0.3, 0.4) is 0 Å². The lowest BCUT2D eigenvalue weighted by Gasteiger charge is -2.25. The molecule has 0 unspecified atom stereocenters. The first kappa shape index (κ1) is 34.3. The van der Waals surface area contributed by atoms with E-state index in [1.54, 1.807) is 47.2 Å². The van der Waals surface area contributed by atoms with E-state index >= 15 is 0 Å². The zero-order valence-electron chi connectivity index (χ0n) is 25.9. The van der Waals surface area contributed by atoms with Gasteiger partial charge in [-0.2, -0.15) is 0 Å². The molecule has 240 valence electrons. The number of rotatable bonds is 11. The van der Waals surface area contributed by atoms with Crippen LogP contribution in [0.4, 0.5) is 10.5 Å². The number of amides is 2. The van der Waals surface area contributed by atoms with Gasteiger partial charge in [-0.25, -0.2) is 13.2 Å². The Morgan fingerprint density at radius 3 is 2.31 bits per heavy atom. The maximum Gasteiger partial charge on any atom is 0.416 e. The molecule has 45 heavy (non-hydrogen) atoms. The van der Waals surface area contributed by atoms with Crippen LogP contribution < -0.4 is 4.31 Å². The molecule has 4 rings (SSSR count). The summed E-state index contributed by atoms with van der Waals surface area (Å²) in [5, 5.41) is 0.104. The van der Waals surface area contributed by atoms with Crippen LogP contribution in [0.2, 0.25) is 10.0 Å². The van der Waals surface area contributed by atoms with Crippen LogP contribution in [0.1, 0.15) is 44.7 Å². The number of aliphatic imine (C=N–C) groups is 1. The molecule has 0 spiro atoms. The highest BCUT2D eigenvalue weighted by Crippen LogP contribution is 2.33. The number of sulfonamides is 1. The standard InChI is InChI=1S/C33H38Cl2N4O5S/c1-33(2,3)44-32(41)38-23-20-36-31(38)25-17-15-24(16-18-25)19-22-37(4)29(40)14-9-21-39(26-10-6-5-7-11-26)45(42,43)28-13-8-12-27(34)30(28)35/h5-8,10-13,15-18H,9,14,19-23H2,1-4H3. The van der Waals surface area contributed by atoms with Crippen molar-refractivity contribution in [2.24, 2.45) is 4.99 Å². The Bertz CT molecular complexity index is 1640. The Labute approximate surface area is 275 Å². The van der Waals surface area contributed by atoms with Crippen molar-refractivity contribution in [1.29, 1.82) is 0 Å². The first-order valence-electron chi connectivity index (χ1n) is 14.7. The topological polar surface area (TPSA) is 99.6 Å². The van der Waals surface area contributed by atoms with Crippen LogP contribution in [0, 0.1) is 0 Å². The largest absolute Gasteiger partial charge is 0.443 e. The lowest BCUT2D eigenvalue weighted by Crippen LogP contribution is -2.39. The van der Waals surface area contributed by atoms with E-state index in [1.807, 2.05) is 45.0 Å². The first-order valence-corrected chi connectivity index (χ1v) is 16.9. The molecule has 3 aromatic rings. The van der Waals surface area contributed by atoms with E-state index in [-0.39, 0.29) is 33.8 Å². The number of likely N-dealkylation sites (N-methyl/N-ethyl adjacent to an activating group) is 1. The van der Waals surface area contributed by atoms with Crippen molar-refractivity contribution >= 4 is 56.7 Å². The molecule has 3 aromatic carbocycles. The normalized spacial score (nSPS) is 13.4. The van der Waals surface area contributed by atoms with E-state index in [2.05, 4.69) is 4.99 Å². The predicted octanol–water partition coefficient (Wildman–Crippen LogP) is 6.67. The third-order valence-electron chi connectivity index (χ3n) is 7.11. The van der Waals surface area contributed by atoms with Gasteiger partial charge in [-0.05, 0) is 63.4 Å². The van der Waals surface area contributed by atoms with Crippen LogP contribution >= 0.6 is 23.2 Å². The molecule has 0 saturated carbocycles. The molecule has 12 heteroatoms. The summed E-state index contributed by atoms with van der Waals surface area (Å²) in [6.45, 7) is 7.06. The number of carbonyl (C=O) groups is 2. The summed E-state index contributed by atoms with van der Waals surface area (Å²) in [4.78, 5) is 33.2. The first-order chi connectivity index (χ1) is 21.3. The second-order valence-corrected chi connectivity index (χ2v) is 14.3. The molecular weight excluding hydrogens is 635 g/mol. The molecule has 9 nitrogen and oxygen atoms in total. The summed E-state index contributed by atoms with van der Waals surface area (Å²) in [5.74, 6) is 0.499. The summed E-state index contributed by atoms with van der Waals surface area (Å²) in [7, 11) is -2.31. The third kappa shape index (κ3) is 8.77. The van der Waals surface area contributed by atoms with Crippen LogP contribution in [-0.4, -0.2) is 74.9 Å². The van der Waals surface area contributed by atoms with Crippen LogP contribution in [0.25, 0.3) is 0 Å². The smallest absolute Gasteiger partial charge is 0.416 e. The third-order valence-corrected chi connectivity index (χ3v) is 9.91. The van der Waals surface area contributed by atoms with Crippen molar-refractivity contribution in [2.45, 2.75) is 50.5 Å². The minimum atomic E-state index is -4.04. The summed E-state index contributed by atoms with van der Waals surface area (Å²) in [6.07, 6.45) is 0.682. The number of hydrogen-bond donors (Lipinski definition) is 0. The highest BCUT2D eigenvalue weighted by molar-refractivity contribution is 7.93. The number of nitrogens with zero attached hydrogens (tertiary/aromatic N) is 4. The second kappa shape index (κ2) is 14.7. The van der Waals surface area contributed by atoms with Gasteiger partial charge in [-0.3, -0.25) is 19.0 Å². The maximum atomic E-state index is 13.6. The molecule has 0 radical (unpaired) electrons. The molecule has 0 atom stereocenters. The Morgan fingerprint density at radius 2 is 1.64 bits per heavy atom. The van der Waals surface area contributed by atoms with E-state index in [0.717, 1.165) is 11.1 Å². The number of carbonyl (C=O) groups excluding carboxylic acids is 2. The zero-order chi connectivity index (χ0) is 32.8. The fourth-order valence-electron chi connectivity index (χ4n) is 4.78. The van der Waals surface area contributed by atoms with Crippen LogP contribution in [-0.2, 0) is 26.0 Å². The van der Waals surface area contributed by atoms with Crippen molar-refractivity contribution in [2.75, 3.05) is 37.5 Å². The molecular formula is C33H38Cl2N4O5S. The van der Waals surface area contributed by atoms with Gasteiger partial charge in [-0.1, -0.05) is 71.7 Å². The van der Waals surface area contributed by atoms with Crippen LogP contribution in [0.15, 0.2) is 82.7 Å². The minimum Gasteiger partial charge on any atom is -0.443 e. The minimum absolute atomic E-state index is 0.0412. The van der Waals surface area contributed by atoms with E-state index in [0.29, 0.717) is 44.0 Å². The van der Waals surface area contributed by atoms with Gasteiger partial charge in [0.15, 0.2) is 0 Å². The van der Waals surface area contributed by atoms with E-state index in [1.165, 1.54) is 22.5 Å². The van der Waals surface area contributed by atoms with Gasteiger partial charge in [0, 0.05) is 32.1 Å². The van der Waals surface area contributed by atoms with Crippen molar-refractivity contribution < 1.29 is 22.7 Å².